The molecule has 188 valence electrons. The second-order valence-corrected chi connectivity index (χ2v) is 10.6. The van der Waals surface area contributed by atoms with Crippen molar-refractivity contribution in [1.82, 2.24) is 4.90 Å². The number of hydrogen-bond donors (Lipinski definition) is 1. The molecule has 2 heterocycles. The lowest BCUT2D eigenvalue weighted by atomic mass is 9.84. The maximum atomic E-state index is 14.2. The quantitative estimate of drug-likeness (QED) is 0.527. The first-order valence-corrected chi connectivity index (χ1v) is 11.5. The third kappa shape index (κ3) is 4.94. The Kier molecular flexibility index (Phi) is 6.27. The van der Waals surface area contributed by atoms with Gasteiger partial charge in [-0.3, -0.25) is 0 Å². The lowest BCUT2D eigenvalue weighted by molar-refractivity contribution is -0.275. The molecule has 2 aromatic rings. The summed E-state index contributed by atoms with van der Waals surface area (Å²) in [5, 5.41) is 14.7. The van der Waals surface area contributed by atoms with Crippen LogP contribution in [-0.2, 0) is 20.8 Å². The Labute approximate surface area is 210 Å². The summed E-state index contributed by atoms with van der Waals surface area (Å²) < 4.78 is 47.8. The molecule has 0 bridgehead atoms. The zero-order valence-electron chi connectivity index (χ0n) is 19.1. The number of carbonyl (C=O) groups excluding carboxylic acids is 1. The molecule has 6 nitrogen and oxygen atoms in total. The van der Waals surface area contributed by atoms with Crippen molar-refractivity contribution >= 4 is 35.0 Å². The largest absolute Gasteiger partial charge is 0.444 e. The van der Waals surface area contributed by atoms with Gasteiger partial charge in [-0.25, -0.2) is 4.79 Å². The maximum Gasteiger partial charge on any atom is 0.435 e. The van der Waals surface area contributed by atoms with E-state index in [0.29, 0.717) is 11.1 Å². The number of alkyl halides is 3. The molecule has 2 aliphatic rings. The number of ether oxygens (including phenoxy) is 1. The second-order valence-electron chi connectivity index (χ2n) is 9.73. The Balaban J connectivity index is 1.50. The van der Waals surface area contributed by atoms with E-state index in [4.69, 9.17) is 32.8 Å². The van der Waals surface area contributed by atoms with Crippen LogP contribution in [0.25, 0.3) is 0 Å². The van der Waals surface area contributed by atoms with Crippen LogP contribution in [0.1, 0.15) is 43.9 Å². The zero-order chi connectivity index (χ0) is 25.8. The SMILES string of the molecule is CC(C)(C)OC(=O)N1CC(O)(c2ccc(C3=NO[C@](c4cc(Cl)cc(Cl)c4)(C(F)(F)F)C3)cc2)C1. The van der Waals surface area contributed by atoms with E-state index in [2.05, 4.69) is 5.16 Å². The Hall–Kier alpha value is -2.49. The number of oxime groups is 1. The number of halogens is 5. The topological polar surface area (TPSA) is 71.4 Å². The second kappa shape index (κ2) is 8.57. The van der Waals surface area contributed by atoms with Gasteiger partial charge < -0.3 is 19.6 Å². The van der Waals surface area contributed by atoms with Gasteiger partial charge in [0.1, 0.15) is 11.2 Å². The molecule has 4 rings (SSSR count). The fourth-order valence-corrected chi connectivity index (χ4v) is 4.57. The van der Waals surface area contributed by atoms with Crippen molar-refractivity contribution < 1.29 is 32.6 Å². The molecule has 35 heavy (non-hydrogen) atoms. The molecular weight excluding hydrogens is 508 g/mol. The minimum atomic E-state index is -4.79. The third-order valence-corrected chi connectivity index (χ3v) is 6.26. The molecule has 11 heteroatoms. The lowest BCUT2D eigenvalue weighted by Crippen LogP contribution is -2.61. The summed E-state index contributed by atoms with van der Waals surface area (Å²) in [5.74, 6) is 0. The van der Waals surface area contributed by atoms with E-state index >= 15 is 0 Å². The molecule has 0 spiro atoms. The van der Waals surface area contributed by atoms with Gasteiger partial charge in [0.05, 0.1) is 18.8 Å². The molecule has 0 radical (unpaired) electrons. The summed E-state index contributed by atoms with van der Waals surface area (Å²) in [6.45, 7) is 5.33. The van der Waals surface area contributed by atoms with Gasteiger partial charge in [-0.1, -0.05) is 52.6 Å². The van der Waals surface area contributed by atoms with Crippen LogP contribution in [0.15, 0.2) is 47.6 Å². The van der Waals surface area contributed by atoms with Crippen molar-refractivity contribution in [3.05, 3.63) is 69.2 Å². The van der Waals surface area contributed by atoms with Crippen molar-refractivity contribution in [3.8, 4) is 0 Å². The van der Waals surface area contributed by atoms with Gasteiger partial charge in [0, 0.05) is 22.0 Å². The van der Waals surface area contributed by atoms with E-state index in [1.165, 1.54) is 11.0 Å². The first-order valence-electron chi connectivity index (χ1n) is 10.7. The Morgan fingerprint density at radius 1 is 1.06 bits per heavy atom. The Morgan fingerprint density at radius 2 is 1.63 bits per heavy atom. The number of likely N-dealkylation sites (tertiary alicyclic amines) is 1. The predicted octanol–water partition coefficient (Wildman–Crippen LogP) is 6.01. The predicted molar refractivity (Wildman–Crippen MR) is 125 cm³/mol. The molecule has 1 saturated heterocycles. The van der Waals surface area contributed by atoms with Gasteiger partial charge in [0.2, 0.25) is 0 Å². The van der Waals surface area contributed by atoms with Crippen LogP contribution < -0.4 is 0 Å². The van der Waals surface area contributed by atoms with E-state index in [9.17, 15) is 23.1 Å². The fourth-order valence-electron chi connectivity index (χ4n) is 4.04. The average Bonchev–Trinajstić information content (AvgIpc) is 3.16. The van der Waals surface area contributed by atoms with Crippen LogP contribution in [-0.4, -0.2) is 46.7 Å². The molecule has 1 amide bonds. The van der Waals surface area contributed by atoms with Crippen LogP contribution in [0.2, 0.25) is 10.0 Å². The molecule has 2 aliphatic heterocycles. The highest BCUT2D eigenvalue weighted by Crippen LogP contribution is 2.49. The molecule has 1 fully saturated rings. The summed E-state index contributed by atoms with van der Waals surface area (Å²) in [6, 6.07) is 9.95. The summed E-state index contributed by atoms with van der Waals surface area (Å²) in [6.07, 6.45) is -5.90. The summed E-state index contributed by atoms with van der Waals surface area (Å²) in [5.41, 5.74) is -3.90. The summed E-state index contributed by atoms with van der Waals surface area (Å²) in [7, 11) is 0. The minimum absolute atomic E-state index is 0.0397. The molecule has 1 N–H and O–H groups in total. The van der Waals surface area contributed by atoms with Crippen molar-refractivity contribution in [1.29, 1.82) is 0 Å². The number of benzene rings is 2. The van der Waals surface area contributed by atoms with E-state index in [1.54, 1.807) is 45.0 Å². The van der Waals surface area contributed by atoms with Crippen LogP contribution in [0.5, 0.6) is 0 Å². The number of carbonyl (C=O) groups is 1. The van der Waals surface area contributed by atoms with Crippen molar-refractivity contribution in [3.63, 3.8) is 0 Å². The van der Waals surface area contributed by atoms with Gasteiger partial charge in [0.25, 0.3) is 5.60 Å². The average molecular weight is 531 g/mol. The highest BCUT2D eigenvalue weighted by atomic mass is 35.5. The lowest BCUT2D eigenvalue weighted by Gasteiger charge is -2.46. The molecule has 2 aromatic carbocycles. The molecule has 0 unspecified atom stereocenters. The maximum absolute atomic E-state index is 14.2. The zero-order valence-corrected chi connectivity index (χ0v) is 20.6. The van der Waals surface area contributed by atoms with E-state index in [0.717, 1.165) is 12.1 Å². The van der Waals surface area contributed by atoms with Crippen LogP contribution in [0.4, 0.5) is 18.0 Å². The monoisotopic (exact) mass is 530 g/mol. The highest BCUT2D eigenvalue weighted by molar-refractivity contribution is 6.34. The molecular formula is C24H23Cl2F3N2O4. The number of rotatable bonds is 3. The van der Waals surface area contributed by atoms with Crippen molar-refractivity contribution in [2.75, 3.05) is 13.1 Å². The number of amides is 1. The first-order chi connectivity index (χ1) is 16.1. The Bertz CT molecular complexity index is 1150. The molecule has 1 atom stereocenters. The van der Waals surface area contributed by atoms with Crippen LogP contribution in [0, 0.1) is 0 Å². The van der Waals surface area contributed by atoms with Gasteiger partial charge >= 0.3 is 12.3 Å². The number of β-amino-alcohol motifs (C(OH)–C–C–N with tert-alkyl or cyclic N) is 1. The summed E-state index contributed by atoms with van der Waals surface area (Å²) >= 11 is 11.9. The standard InChI is InChI=1S/C24H23Cl2F3N2O4/c1-21(2,3)34-20(32)31-12-22(33,13-31)15-6-4-14(5-7-15)19-11-23(35-30-19,24(27,28)29)16-8-17(25)10-18(26)9-16/h4-10,33H,11-13H2,1-3H3/t23-/m1/s1. The highest BCUT2D eigenvalue weighted by Gasteiger charge is 2.62. The fraction of sp³-hybridized carbons (Fsp3) is 0.417. The first kappa shape index (κ1) is 25.6. The van der Waals surface area contributed by atoms with E-state index < -0.39 is 35.5 Å². The van der Waals surface area contributed by atoms with E-state index in [1.807, 2.05) is 0 Å². The van der Waals surface area contributed by atoms with Crippen molar-refractivity contribution in [2.24, 2.45) is 5.16 Å². The van der Waals surface area contributed by atoms with E-state index in [-0.39, 0.29) is 34.4 Å². The molecule has 0 saturated carbocycles. The van der Waals surface area contributed by atoms with Crippen LogP contribution in [0.3, 0.4) is 0 Å². The summed E-state index contributed by atoms with van der Waals surface area (Å²) in [4.78, 5) is 18.5. The number of hydrogen-bond acceptors (Lipinski definition) is 5. The molecule has 0 aliphatic carbocycles. The van der Waals surface area contributed by atoms with Gasteiger partial charge in [-0.2, -0.15) is 13.2 Å². The van der Waals surface area contributed by atoms with Gasteiger partial charge in [-0.15, -0.1) is 0 Å². The normalized spacial score (nSPS) is 21.7. The van der Waals surface area contributed by atoms with Gasteiger partial charge in [0.15, 0.2) is 0 Å². The van der Waals surface area contributed by atoms with Crippen LogP contribution >= 0.6 is 23.2 Å². The van der Waals surface area contributed by atoms with Gasteiger partial charge in [-0.05, 0) is 50.1 Å². The van der Waals surface area contributed by atoms with Crippen molar-refractivity contribution in [2.45, 2.75) is 50.2 Å². The minimum Gasteiger partial charge on any atom is -0.444 e. The third-order valence-electron chi connectivity index (χ3n) is 5.83. The molecule has 0 aromatic heterocycles. The number of nitrogens with zero attached hydrogens (tertiary/aromatic N) is 2. The smallest absolute Gasteiger partial charge is 0.435 e. The number of aliphatic hydroxyl groups is 1. The Morgan fingerprint density at radius 3 is 2.14 bits per heavy atom.